The first-order valence-electron chi connectivity index (χ1n) is 9.75. The Morgan fingerprint density at radius 2 is 1.84 bits per heavy atom. The van der Waals surface area contributed by atoms with Crippen molar-refractivity contribution in [3.8, 4) is 11.5 Å². The van der Waals surface area contributed by atoms with E-state index in [0.717, 1.165) is 0 Å². The minimum atomic E-state index is -3.67. The second-order valence-electron chi connectivity index (χ2n) is 6.93. The summed E-state index contributed by atoms with van der Waals surface area (Å²) in [6, 6.07) is 10.1. The van der Waals surface area contributed by atoms with Crippen molar-refractivity contribution in [1.82, 2.24) is 4.31 Å². The normalized spacial score (nSPS) is 15.1. The number of benzene rings is 2. The molecule has 166 valence electrons. The third-order valence-corrected chi connectivity index (χ3v) is 6.94. The molecule has 31 heavy (non-hydrogen) atoms. The van der Waals surface area contributed by atoms with Crippen LogP contribution in [0.4, 0.5) is 5.69 Å². The summed E-state index contributed by atoms with van der Waals surface area (Å²) in [4.78, 5) is 12.6. The highest BCUT2D eigenvalue weighted by Crippen LogP contribution is 2.26. The van der Waals surface area contributed by atoms with E-state index in [1.54, 1.807) is 50.4 Å². The molecule has 0 aliphatic carbocycles. The number of sulfonamides is 1. The van der Waals surface area contributed by atoms with Crippen LogP contribution in [0.2, 0.25) is 0 Å². The number of rotatable bonds is 7. The molecule has 9 heteroatoms. The van der Waals surface area contributed by atoms with Gasteiger partial charge in [-0.2, -0.15) is 4.31 Å². The van der Waals surface area contributed by atoms with Crippen molar-refractivity contribution in [2.75, 3.05) is 45.8 Å². The number of morpholine rings is 1. The summed E-state index contributed by atoms with van der Waals surface area (Å²) in [6.07, 6.45) is 2.98. The fourth-order valence-electron chi connectivity index (χ4n) is 3.19. The predicted molar refractivity (Wildman–Crippen MR) is 118 cm³/mol. The summed E-state index contributed by atoms with van der Waals surface area (Å²) in [7, 11) is -0.567. The van der Waals surface area contributed by atoms with E-state index in [-0.39, 0.29) is 4.90 Å². The standard InChI is InChI=1S/C22H26N2O6S/c1-16-4-7-18(14-21(16)31(26,27)24-10-12-30-13-11-24)23-22(25)9-6-17-5-8-19(28-2)15-20(17)29-3/h4-9,14-15H,10-13H2,1-3H3,(H,23,25)/b9-6+. The molecule has 0 radical (unpaired) electrons. The number of anilines is 1. The molecule has 1 aliphatic heterocycles. The van der Waals surface area contributed by atoms with E-state index >= 15 is 0 Å². The molecule has 0 atom stereocenters. The van der Waals surface area contributed by atoms with Gasteiger partial charge >= 0.3 is 0 Å². The second-order valence-corrected chi connectivity index (χ2v) is 8.83. The number of nitrogens with zero attached hydrogens (tertiary/aromatic N) is 1. The Labute approximate surface area is 182 Å². The number of hydrogen-bond acceptors (Lipinski definition) is 6. The van der Waals surface area contributed by atoms with Gasteiger partial charge in [0.15, 0.2) is 0 Å². The fourth-order valence-corrected chi connectivity index (χ4v) is 4.85. The molecule has 2 aromatic rings. The number of ether oxygens (including phenoxy) is 3. The molecular weight excluding hydrogens is 420 g/mol. The molecule has 2 aromatic carbocycles. The van der Waals surface area contributed by atoms with Gasteiger partial charge < -0.3 is 19.5 Å². The highest BCUT2D eigenvalue weighted by Gasteiger charge is 2.28. The molecule has 1 amide bonds. The summed E-state index contributed by atoms with van der Waals surface area (Å²) < 4.78 is 43.1. The second kappa shape index (κ2) is 9.95. The molecule has 1 heterocycles. The maximum Gasteiger partial charge on any atom is 0.248 e. The van der Waals surface area contributed by atoms with Crippen molar-refractivity contribution in [2.24, 2.45) is 0 Å². The maximum absolute atomic E-state index is 13.0. The molecular formula is C22H26N2O6S. The Balaban J connectivity index is 1.76. The van der Waals surface area contributed by atoms with Crippen LogP contribution in [0.15, 0.2) is 47.4 Å². The first kappa shape index (κ1) is 22.8. The molecule has 0 spiro atoms. The summed E-state index contributed by atoms with van der Waals surface area (Å²) in [6.45, 7) is 3.09. The fraction of sp³-hybridized carbons (Fsp3) is 0.318. The zero-order chi connectivity index (χ0) is 22.4. The molecule has 0 aromatic heterocycles. The molecule has 1 saturated heterocycles. The van der Waals surface area contributed by atoms with Crippen LogP contribution < -0.4 is 14.8 Å². The monoisotopic (exact) mass is 446 g/mol. The van der Waals surface area contributed by atoms with Crippen LogP contribution in [-0.4, -0.2) is 59.2 Å². The summed E-state index contributed by atoms with van der Waals surface area (Å²) in [5.74, 6) is 0.821. The van der Waals surface area contributed by atoms with E-state index < -0.39 is 15.9 Å². The molecule has 3 rings (SSSR count). The minimum Gasteiger partial charge on any atom is -0.497 e. The van der Waals surface area contributed by atoms with Crippen LogP contribution in [-0.2, 0) is 19.6 Å². The largest absolute Gasteiger partial charge is 0.497 e. The predicted octanol–water partition coefficient (Wildman–Crippen LogP) is 2.69. The smallest absolute Gasteiger partial charge is 0.248 e. The number of amides is 1. The average Bonchev–Trinajstić information content (AvgIpc) is 2.79. The number of nitrogens with one attached hydrogen (secondary N) is 1. The molecule has 1 fully saturated rings. The Bertz CT molecular complexity index is 1080. The Morgan fingerprint density at radius 1 is 1.10 bits per heavy atom. The topological polar surface area (TPSA) is 94.2 Å². The Morgan fingerprint density at radius 3 is 2.52 bits per heavy atom. The van der Waals surface area contributed by atoms with Crippen molar-refractivity contribution in [3.05, 3.63) is 53.6 Å². The van der Waals surface area contributed by atoms with Gasteiger partial charge in [0.05, 0.1) is 32.3 Å². The third kappa shape index (κ3) is 5.43. The van der Waals surface area contributed by atoms with E-state index in [1.807, 2.05) is 0 Å². The summed E-state index contributed by atoms with van der Waals surface area (Å²) >= 11 is 0. The Kier molecular flexibility index (Phi) is 7.32. The number of carbonyl (C=O) groups excluding carboxylic acids is 1. The van der Waals surface area contributed by atoms with Gasteiger partial charge in [-0.3, -0.25) is 4.79 Å². The first-order chi connectivity index (χ1) is 14.8. The lowest BCUT2D eigenvalue weighted by atomic mass is 10.1. The zero-order valence-electron chi connectivity index (χ0n) is 17.8. The van der Waals surface area contributed by atoms with Crippen LogP contribution in [0.3, 0.4) is 0 Å². The highest BCUT2D eigenvalue weighted by molar-refractivity contribution is 7.89. The van der Waals surface area contributed by atoms with Crippen molar-refractivity contribution in [1.29, 1.82) is 0 Å². The van der Waals surface area contributed by atoms with Crippen LogP contribution in [0.25, 0.3) is 6.08 Å². The van der Waals surface area contributed by atoms with Gasteiger partial charge in [-0.1, -0.05) is 6.07 Å². The van der Waals surface area contributed by atoms with Crippen molar-refractivity contribution < 1.29 is 27.4 Å². The van der Waals surface area contributed by atoms with Gasteiger partial charge in [0, 0.05) is 36.5 Å². The first-order valence-corrected chi connectivity index (χ1v) is 11.2. The SMILES string of the molecule is COc1ccc(/C=C/C(=O)Nc2ccc(C)c(S(=O)(=O)N3CCOCC3)c2)c(OC)c1. The van der Waals surface area contributed by atoms with Crippen molar-refractivity contribution in [2.45, 2.75) is 11.8 Å². The number of hydrogen-bond donors (Lipinski definition) is 1. The maximum atomic E-state index is 13.0. The van der Waals surface area contributed by atoms with Gasteiger partial charge in [0.25, 0.3) is 0 Å². The number of methoxy groups -OCH3 is 2. The van der Waals surface area contributed by atoms with Gasteiger partial charge in [-0.05, 0) is 42.8 Å². The number of carbonyl (C=O) groups is 1. The molecule has 0 saturated carbocycles. The average molecular weight is 447 g/mol. The summed E-state index contributed by atoms with van der Waals surface area (Å²) in [5.41, 5.74) is 1.72. The lowest BCUT2D eigenvalue weighted by molar-refractivity contribution is -0.111. The van der Waals surface area contributed by atoms with E-state index in [1.165, 1.54) is 23.6 Å². The van der Waals surface area contributed by atoms with Gasteiger partial charge in [-0.15, -0.1) is 0 Å². The van der Waals surface area contributed by atoms with Crippen LogP contribution in [0, 0.1) is 6.92 Å². The quantitative estimate of drug-likeness (QED) is 0.658. The van der Waals surface area contributed by atoms with E-state index in [2.05, 4.69) is 5.32 Å². The van der Waals surface area contributed by atoms with Gasteiger partial charge in [0.1, 0.15) is 11.5 Å². The van der Waals surface area contributed by atoms with Crippen LogP contribution in [0.1, 0.15) is 11.1 Å². The van der Waals surface area contributed by atoms with Crippen molar-refractivity contribution in [3.63, 3.8) is 0 Å². The lowest BCUT2D eigenvalue weighted by Gasteiger charge is -2.26. The zero-order valence-corrected chi connectivity index (χ0v) is 18.6. The highest BCUT2D eigenvalue weighted by atomic mass is 32.2. The van der Waals surface area contributed by atoms with E-state index in [4.69, 9.17) is 14.2 Å². The molecule has 0 unspecified atom stereocenters. The van der Waals surface area contributed by atoms with E-state index in [0.29, 0.717) is 54.6 Å². The van der Waals surface area contributed by atoms with Crippen molar-refractivity contribution >= 4 is 27.7 Å². The molecule has 8 nitrogen and oxygen atoms in total. The third-order valence-electron chi connectivity index (χ3n) is 4.90. The van der Waals surface area contributed by atoms with Crippen LogP contribution in [0.5, 0.6) is 11.5 Å². The molecule has 0 bridgehead atoms. The number of aryl methyl sites for hydroxylation is 1. The Hall–Kier alpha value is -2.88. The van der Waals surface area contributed by atoms with Crippen LogP contribution >= 0.6 is 0 Å². The van der Waals surface area contributed by atoms with Gasteiger partial charge in [0.2, 0.25) is 15.9 Å². The van der Waals surface area contributed by atoms with Gasteiger partial charge in [-0.25, -0.2) is 8.42 Å². The minimum absolute atomic E-state index is 0.174. The molecule has 1 N–H and O–H groups in total. The van der Waals surface area contributed by atoms with E-state index in [9.17, 15) is 13.2 Å². The lowest BCUT2D eigenvalue weighted by Crippen LogP contribution is -2.40. The summed E-state index contributed by atoms with van der Waals surface area (Å²) in [5, 5.41) is 2.72. The molecule has 1 aliphatic rings.